The maximum absolute atomic E-state index is 12.6. The maximum Gasteiger partial charge on any atom is 0.340 e. The first-order chi connectivity index (χ1) is 4.59. The van der Waals surface area contributed by atoms with Gasteiger partial charge in [0.1, 0.15) is 0 Å². The fraction of sp³-hybridized carbons (Fsp3) is 0.857. The second-order valence-corrected chi connectivity index (χ2v) is 2.40. The number of ether oxygens (including phenoxy) is 1. The molecule has 3 heteroatoms. The molecule has 0 heterocycles. The molecule has 0 rings (SSSR count). The highest BCUT2D eigenvalue weighted by atomic mass is 19.1. The number of hydrogen-bond acceptors (Lipinski definition) is 2. The van der Waals surface area contributed by atoms with Crippen molar-refractivity contribution in [2.24, 2.45) is 5.92 Å². The average Bonchev–Trinajstić information content (AvgIpc) is 1.87. The van der Waals surface area contributed by atoms with E-state index in [-0.39, 0.29) is 12.5 Å². The summed E-state index contributed by atoms with van der Waals surface area (Å²) in [6, 6.07) is 0. The summed E-state index contributed by atoms with van der Waals surface area (Å²) >= 11 is 0. The molecule has 0 spiro atoms. The normalized spacial score (nSPS) is 13.3. The highest BCUT2D eigenvalue weighted by Gasteiger charge is 2.21. The molecule has 0 unspecified atom stereocenters. The first kappa shape index (κ1) is 9.40. The molecule has 0 aliphatic carbocycles. The summed E-state index contributed by atoms with van der Waals surface area (Å²) in [6.45, 7) is 5.18. The lowest BCUT2D eigenvalue weighted by Gasteiger charge is -2.09. The number of hydrogen-bond donors (Lipinski definition) is 0. The number of esters is 1. The van der Waals surface area contributed by atoms with Gasteiger partial charge in [0.25, 0.3) is 0 Å². The molecule has 0 aliphatic rings. The number of carbonyl (C=O) groups is 1. The first-order valence-electron chi connectivity index (χ1n) is 3.40. The Labute approximate surface area is 60.4 Å². The molecule has 60 valence electrons. The monoisotopic (exact) mass is 148 g/mol. The van der Waals surface area contributed by atoms with Gasteiger partial charge >= 0.3 is 5.97 Å². The van der Waals surface area contributed by atoms with Crippen molar-refractivity contribution in [3.8, 4) is 0 Å². The molecule has 2 nitrogen and oxygen atoms in total. The summed E-state index contributed by atoms with van der Waals surface area (Å²) in [6.07, 6.45) is -1.47. The van der Waals surface area contributed by atoms with Crippen LogP contribution in [0.5, 0.6) is 0 Å². The van der Waals surface area contributed by atoms with Crippen LogP contribution in [0.15, 0.2) is 0 Å². The topological polar surface area (TPSA) is 26.3 Å². The van der Waals surface area contributed by atoms with E-state index in [0.29, 0.717) is 0 Å². The molecule has 0 fully saturated rings. The molecule has 0 aliphatic heterocycles. The third-order valence-corrected chi connectivity index (χ3v) is 1.10. The minimum absolute atomic E-state index is 0.242. The zero-order valence-electron chi connectivity index (χ0n) is 6.56. The van der Waals surface area contributed by atoms with E-state index in [1.54, 1.807) is 20.8 Å². The molecule has 0 saturated carbocycles. The molecular formula is C7H13FO2. The molecule has 0 amide bonds. The minimum Gasteiger partial charge on any atom is -0.464 e. The van der Waals surface area contributed by atoms with Crippen LogP contribution >= 0.6 is 0 Å². The van der Waals surface area contributed by atoms with Gasteiger partial charge in [-0.3, -0.25) is 0 Å². The predicted octanol–water partition coefficient (Wildman–Crippen LogP) is 1.54. The summed E-state index contributed by atoms with van der Waals surface area (Å²) in [7, 11) is 0. The Morgan fingerprint density at radius 2 is 2.10 bits per heavy atom. The number of carbonyl (C=O) groups excluding carboxylic acids is 1. The number of alkyl halides is 1. The van der Waals surface area contributed by atoms with Crippen molar-refractivity contribution >= 4 is 5.97 Å². The Kier molecular flexibility index (Phi) is 4.00. The molecule has 1 atom stereocenters. The zero-order chi connectivity index (χ0) is 8.15. The van der Waals surface area contributed by atoms with Crippen molar-refractivity contribution in [3.63, 3.8) is 0 Å². The largest absolute Gasteiger partial charge is 0.464 e. The lowest BCUT2D eigenvalue weighted by molar-refractivity contribution is -0.150. The SMILES string of the molecule is CCOC(=O)[C@H](F)C(C)C. The molecule has 0 radical (unpaired) electrons. The van der Waals surface area contributed by atoms with E-state index in [1.165, 1.54) is 0 Å². The lowest BCUT2D eigenvalue weighted by atomic mass is 10.1. The van der Waals surface area contributed by atoms with Gasteiger partial charge in [0.15, 0.2) is 6.17 Å². The van der Waals surface area contributed by atoms with Crippen molar-refractivity contribution in [3.05, 3.63) is 0 Å². The van der Waals surface area contributed by atoms with Gasteiger partial charge in [0.2, 0.25) is 0 Å². The van der Waals surface area contributed by atoms with Crippen LogP contribution in [0.4, 0.5) is 4.39 Å². The first-order valence-corrected chi connectivity index (χ1v) is 3.40. The van der Waals surface area contributed by atoms with Crippen LogP contribution in [0, 0.1) is 5.92 Å². The maximum atomic E-state index is 12.6. The molecule has 0 bridgehead atoms. The van der Waals surface area contributed by atoms with Gasteiger partial charge in [-0.05, 0) is 12.8 Å². The molecule has 10 heavy (non-hydrogen) atoms. The Hall–Kier alpha value is -0.600. The molecule has 0 aromatic heterocycles. The van der Waals surface area contributed by atoms with Crippen LogP contribution in [-0.4, -0.2) is 18.7 Å². The van der Waals surface area contributed by atoms with E-state index in [0.717, 1.165) is 0 Å². The molecule has 0 N–H and O–H groups in total. The Balaban J connectivity index is 3.71. The van der Waals surface area contributed by atoms with Crippen LogP contribution in [0.25, 0.3) is 0 Å². The van der Waals surface area contributed by atoms with Crippen LogP contribution in [0.2, 0.25) is 0 Å². The Morgan fingerprint density at radius 1 is 1.60 bits per heavy atom. The van der Waals surface area contributed by atoms with E-state index in [2.05, 4.69) is 4.74 Å². The van der Waals surface area contributed by atoms with Crippen molar-refractivity contribution in [1.82, 2.24) is 0 Å². The smallest absolute Gasteiger partial charge is 0.340 e. The predicted molar refractivity (Wildman–Crippen MR) is 36.4 cm³/mol. The number of rotatable bonds is 3. The lowest BCUT2D eigenvalue weighted by Crippen LogP contribution is -2.23. The highest BCUT2D eigenvalue weighted by Crippen LogP contribution is 2.07. The Morgan fingerprint density at radius 3 is 2.40 bits per heavy atom. The number of halogens is 1. The van der Waals surface area contributed by atoms with E-state index < -0.39 is 12.1 Å². The Bertz CT molecular complexity index is 112. The van der Waals surface area contributed by atoms with Crippen molar-refractivity contribution in [2.75, 3.05) is 6.61 Å². The van der Waals surface area contributed by atoms with E-state index in [4.69, 9.17) is 0 Å². The second-order valence-electron chi connectivity index (χ2n) is 2.40. The van der Waals surface area contributed by atoms with Gasteiger partial charge in [-0.15, -0.1) is 0 Å². The van der Waals surface area contributed by atoms with Gasteiger partial charge in [-0.1, -0.05) is 13.8 Å². The molecule has 0 aromatic rings. The summed E-state index contributed by atoms with van der Waals surface area (Å²) < 4.78 is 17.1. The van der Waals surface area contributed by atoms with Crippen LogP contribution in [0.3, 0.4) is 0 Å². The third kappa shape index (κ3) is 2.80. The molecular weight excluding hydrogens is 135 g/mol. The minimum atomic E-state index is -1.47. The van der Waals surface area contributed by atoms with Crippen molar-refractivity contribution in [2.45, 2.75) is 26.9 Å². The van der Waals surface area contributed by atoms with Crippen LogP contribution in [0.1, 0.15) is 20.8 Å². The summed E-state index contributed by atoms with van der Waals surface area (Å²) in [5, 5.41) is 0. The molecule has 0 aromatic carbocycles. The van der Waals surface area contributed by atoms with Crippen LogP contribution < -0.4 is 0 Å². The van der Waals surface area contributed by atoms with Crippen LogP contribution in [-0.2, 0) is 9.53 Å². The van der Waals surface area contributed by atoms with E-state index in [9.17, 15) is 9.18 Å². The van der Waals surface area contributed by atoms with E-state index in [1.807, 2.05) is 0 Å². The second kappa shape index (κ2) is 4.25. The summed E-state index contributed by atoms with van der Waals surface area (Å²) in [5.41, 5.74) is 0. The van der Waals surface area contributed by atoms with Gasteiger partial charge < -0.3 is 4.74 Å². The fourth-order valence-corrected chi connectivity index (χ4v) is 0.494. The fourth-order valence-electron chi connectivity index (χ4n) is 0.494. The highest BCUT2D eigenvalue weighted by molar-refractivity contribution is 5.74. The van der Waals surface area contributed by atoms with Gasteiger partial charge in [-0.2, -0.15) is 0 Å². The summed E-state index contributed by atoms with van der Waals surface area (Å²) in [4.78, 5) is 10.6. The van der Waals surface area contributed by atoms with Crippen molar-refractivity contribution in [1.29, 1.82) is 0 Å². The average molecular weight is 148 g/mol. The van der Waals surface area contributed by atoms with Crippen molar-refractivity contribution < 1.29 is 13.9 Å². The third-order valence-electron chi connectivity index (χ3n) is 1.10. The molecule has 0 saturated heterocycles. The standard InChI is InChI=1S/C7H13FO2/c1-4-10-7(9)6(8)5(2)3/h5-6H,4H2,1-3H3/t6-/m1/s1. The van der Waals surface area contributed by atoms with Gasteiger partial charge in [0.05, 0.1) is 6.61 Å². The van der Waals surface area contributed by atoms with E-state index >= 15 is 0 Å². The summed E-state index contributed by atoms with van der Waals surface area (Å²) in [5.74, 6) is -1.04. The quantitative estimate of drug-likeness (QED) is 0.567. The zero-order valence-corrected chi connectivity index (χ0v) is 6.56. The van der Waals surface area contributed by atoms with Gasteiger partial charge in [-0.25, -0.2) is 9.18 Å². The van der Waals surface area contributed by atoms with Gasteiger partial charge in [0, 0.05) is 0 Å².